The fraction of sp³-hybridized carbons (Fsp3) is 0.222. The minimum Gasteiger partial charge on any atom is -0.426 e. The van der Waals surface area contributed by atoms with E-state index in [0.29, 0.717) is 11.5 Å². The van der Waals surface area contributed by atoms with Crippen molar-refractivity contribution in [1.29, 1.82) is 0 Å². The molecule has 22 heavy (non-hydrogen) atoms. The van der Waals surface area contributed by atoms with Gasteiger partial charge in [0.15, 0.2) is 6.10 Å². The van der Waals surface area contributed by atoms with Gasteiger partial charge in [-0.25, -0.2) is 0 Å². The predicted octanol–water partition coefficient (Wildman–Crippen LogP) is 3.66. The molecule has 1 aliphatic heterocycles. The van der Waals surface area contributed by atoms with Crippen molar-refractivity contribution >= 4 is 11.7 Å². The zero-order valence-electron chi connectivity index (χ0n) is 12.5. The Kier molecular flexibility index (Phi) is 3.92. The van der Waals surface area contributed by atoms with Crippen LogP contribution >= 0.6 is 0 Å². The molecule has 0 bridgehead atoms. The average molecular weight is 295 g/mol. The SMILES string of the molecule is CC1=NOC(c2ccccc2)C1C(=O)Oc1ccc(C)cc1. The minimum absolute atomic E-state index is 0.351. The van der Waals surface area contributed by atoms with Crippen molar-refractivity contribution < 1.29 is 14.4 Å². The highest BCUT2D eigenvalue weighted by atomic mass is 16.6. The van der Waals surface area contributed by atoms with Crippen molar-refractivity contribution in [3.8, 4) is 5.75 Å². The molecule has 4 heteroatoms. The van der Waals surface area contributed by atoms with Gasteiger partial charge in [-0.05, 0) is 31.5 Å². The Morgan fingerprint density at radius 1 is 1.05 bits per heavy atom. The molecule has 1 heterocycles. The Labute approximate surface area is 129 Å². The van der Waals surface area contributed by atoms with Crippen molar-refractivity contribution in [1.82, 2.24) is 0 Å². The number of carbonyl (C=O) groups is 1. The normalized spacial score (nSPS) is 20.2. The van der Waals surface area contributed by atoms with E-state index in [2.05, 4.69) is 5.16 Å². The fourth-order valence-electron chi connectivity index (χ4n) is 2.45. The molecule has 2 aromatic carbocycles. The maximum atomic E-state index is 12.5. The Balaban J connectivity index is 1.80. The number of benzene rings is 2. The Bertz CT molecular complexity index is 692. The first kappa shape index (κ1) is 14.3. The summed E-state index contributed by atoms with van der Waals surface area (Å²) in [6.45, 7) is 3.77. The summed E-state index contributed by atoms with van der Waals surface area (Å²) in [4.78, 5) is 17.9. The number of carbonyl (C=O) groups excluding carboxylic acids is 1. The molecule has 2 aromatic rings. The van der Waals surface area contributed by atoms with Gasteiger partial charge in [0.1, 0.15) is 11.7 Å². The van der Waals surface area contributed by atoms with E-state index in [-0.39, 0.29) is 5.97 Å². The van der Waals surface area contributed by atoms with E-state index >= 15 is 0 Å². The molecule has 0 N–H and O–H groups in total. The van der Waals surface area contributed by atoms with Gasteiger partial charge in [0.2, 0.25) is 0 Å². The van der Waals surface area contributed by atoms with Gasteiger partial charge < -0.3 is 9.57 Å². The fourth-order valence-corrected chi connectivity index (χ4v) is 2.45. The van der Waals surface area contributed by atoms with Crippen LogP contribution in [0.5, 0.6) is 5.75 Å². The quantitative estimate of drug-likeness (QED) is 0.641. The van der Waals surface area contributed by atoms with E-state index in [4.69, 9.17) is 9.57 Å². The lowest BCUT2D eigenvalue weighted by Crippen LogP contribution is -2.29. The summed E-state index contributed by atoms with van der Waals surface area (Å²) in [5, 5.41) is 3.97. The molecule has 0 fully saturated rings. The topological polar surface area (TPSA) is 47.9 Å². The van der Waals surface area contributed by atoms with E-state index < -0.39 is 12.0 Å². The summed E-state index contributed by atoms with van der Waals surface area (Å²) in [5.41, 5.74) is 2.66. The second-order valence-corrected chi connectivity index (χ2v) is 5.38. The molecule has 0 saturated carbocycles. The molecule has 112 valence electrons. The maximum Gasteiger partial charge on any atom is 0.324 e. The first-order valence-electron chi connectivity index (χ1n) is 7.19. The molecule has 0 aromatic heterocycles. The average Bonchev–Trinajstić information content (AvgIpc) is 2.92. The van der Waals surface area contributed by atoms with Gasteiger partial charge in [0.05, 0.1) is 5.71 Å². The molecule has 0 amide bonds. The van der Waals surface area contributed by atoms with Crippen LogP contribution in [0.25, 0.3) is 0 Å². The van der Waals surface area contributed by atoms with E-state index in [1.807, 2.05) is 49.4 Å². The first-order valence-corrected chi connectivity index (χ1v) is 7.19. The van der Waals surface area contributed by atoms with Gasteiger partial charge in [0, 0.05) is 0 Å². The number of rotatable bonds is 3. The van der Waals surface area contributed by atoms with Crippen LogP contribution in [0.15, 0.2) is 59.8 Å². The largest absolute Gasteiger partial charge is 0.426 e. The lowest BCUT2D eigenvalue weighted by atomic mass is 9.93. The highest BCUT2D eigenvalue weighted by molar-refractivity contribution is 6.02. The van der Waals surface area contributed by atoms with Crippen LogP contribution in [-0.2, 0) is 9.63 Å². The van der Waals surface area contributed by atoms with Crippen LogP contribution in [0.4, 0.5) is 0 Å². The lowest BCUT2D eigenvalue weighted by Gasteiger charge is -2.17. The number of hydrogen-bond acceptors (Lipinski definition) is 4. The number of ether oxygens (including phenoxy) is 1. The van der Waals surface area contributed by atoms with Gasteiger partial charge in [-0.2, -0.15) is 0 Å². The zero-order chi connectivity index (χ0) is 15.5. The number of esters is 1. The molecule has 3 rings (SSSR count). The van der Waals surface area contributed by atoms with Crippen LogP contribution in [0, 0.1) is 12.8 Å². The molecule has 1 aliphatic rings. The predicted molar refractivity (Wildman–Crippen MR) is 83.7 cm³/mol. The Morgan fingerprint density at radius 3 is 2.41 bits per heavy atom. The summed E-state index contributed by atoms with van der Waals surface area (Å²) >= 11 is 0. The molecule has 4 nitrogen and oxygen atoms in total. The maximum absolute atomic E-state index is 12.5. The van der Waals surface area contributed by atoms with Gasteiger partial charge in [-0.1, -0.05) is 53.2 Å². The molecule has 0 radical (unpaired) electrons. The zero-order valence-corrected chi connectivity index (χ0v) is 12.5. The third-order valence-electron chi connectivity index (χ3n) is 3.68. The van der Waals surface area contributed by atoms with Crippen LogP contribution in [-0.4, -0.2) is 11.7 Å². The van der Waals surface area contributed by atoms with Gasteiger partial charge in [0.25, 0.3) is 0 Å². The molecular weight excluding hydrogens is 278 g/mol. The number of oxime groups is 1. The highest BCUT2D eigenvalue weighted by Crippen LogP contribution is 2.33. The second-order valence-electron chi connectivity index (χ2n) is 5.38. The summed E-state index contributed by atoms with van der Waals surface area (Å²) < 4.78 is 5.48. The van der Waals surface area contributed by atoms with E-state index in [0.717, 1.165) is 11.1 Å². The van der Waals surface area contributed by atoms with Crippen molar-refractivity contribution in [2.75, 3.05) is 0 Å². The molecule has 2 unspecified atom stereocenters. The number of aryl methyl sites for hydroxylation is 1. The second kappa shape index (κ2) is 6.02. The summed E-state index contributed by atoms with van der Waals surface area (Å²) in [6.07, 6.45) is -0.431. The molecule has 0 spiro atoms. The van der Waals surface area contributed by atoms with Gasteiger partial charge >= 0.3 is 5.97 Å². The Hall–Kier alpha value is -2.62. The third kappa shape index (κ3) is 2.86. The lowest BCUT2D eigenvalue weighted by molar-refractivity contribution is -0.139. The summed E-state index contributed by atoms with van der Waals surface area (Å²) in [6, 6.07) is 17.0. The summed E-state index contributed by atoms with van der Waals surface area (Å²) in [7, 11) is 0. The molecule has 2 atom stereocenters. The highest BCUT2D eigenvalue weighted by Gasteiger charge is 2.40. The van der Waals surface area contributed by atoms with Crippen molar-refractivity contribution in [3.05, 3.63) is 65.7 Å². The van der Waals surface area contributed by atoms with E-state index in [1.54, 1.807) is 19.1 Å². The minimum atomic E-state index is -0.524. The van der Waals surface area contributed by atoms with Gasteiger partial charge in [-0.15, -0.1) is 0 Å². The van der Waals surface area contributed by atoms with Gasteiger partial charge in [-0.3, -0.25) is 4.79 Å². The van der Waals surface area contributed by atoms with E-state index in [1.165, 1.54) is 0 Å². The van der Waals surface area contributed by atoms with Crippen LogP contribution < -0.4 is 4.74 Å². The molecule has 0 aliphatic carbocycles. The number of hydrogen-bond donors (Lipinski definition) is 0. The van der Waals surface area contributed by atoms with Crippen molar-refractivity contribution in [2.45, 2.75) is 20.0 Å². The first-order chi connectivity index (χ1) is 10.6. The molecular formula is C18H17NO3. The Morgan fingerprint density at radius 2 is 1.73 bits per heavy atom. The smallest absolute Gasteiger partial charge is 0.324 e. The number of nitrogens with zero attached hydrogens (tertiary/aromatic N) is 1. The third-order valence-corrected chi connectivity index (χ3v) is 3.68. The molecule has 0 saturated heterocycles. The van der Waals surface area contributed by atoms with E-state index in [9.17, 15) is 4.79 Å². The standard InChI is InChI=1S/C18H17NO3/c1-12-8-10-15(11-9-12)21-18(20)16-13(2)19-22-17(16)14-6-4-3-5-7-14/h3-11,16-17H,1-2H3. The van der Waals surface area contributed by atoms with Crippen LogP contribution in [0.1, 0.15) is 24.2 Å². The van der Waals surface area contributed by atoms with Crippen molar-refractivity contribution in [2.24, 2.45) is 11.1 Å². The van der Waals surface area contributed by atoms with Crippen molar-refractivity contribution in [3.63, 3.8) is 0 Å². The monoisotopic (exact) mass is 295 g/mol. The van der Waals surface area contributed by atoms with Crippen LogP contribution in [0.3, 0.4) is 0 Å². The summed E-state index contributed by atoms with van der Waals surface area (Å²) in [5.74, 6) is -0.345. The van der Waals surface area contributed by atoms with Crippen LogP contribution in [0.2, 0.25) is 0 Å².